The van der Waals surface area contributed by atoms with Gasteiger partial charge in [0.2, 0.25) is 0 Å². The molecule has 2 N–H and O–H groups in total. The summed E-state index contributed by atoms with van der Waals surface area (Å²) < 4.78 is 0.647. The number of aliphatic hydroxyl groups excluding tert-OH is 2. The van der Waals surface area contributed by atoms with Crippen LogP contribution < -0.4 is 0 Å². The highest BCUT2D eigenvalue weighted by Crippen LogP contribution is 2.06. The largest absolute Gasteiger partial charge is 0.395 e. The van der Waals surface area contributed by atoms with Crippen LogP contribution in [0.2, 0.25) is 0 Å². The van der Waals surface area contributed by atoms with Crippen molar-refractivity contribution in [3.05, 3.63) is 0 Å². The van der Waals surface area contributed by atoms with Gasteiger partial charge in [-0.15, -0.1) is 0 Å². The Morgan fingerprint density at radius 3 is 2.25 bits per heavy atom. The molecule has 8 heavy (non-hydrogen) atoms. The molecule has 0 aromatic carbocycles. The van der Waals surface area contributed by atoms with E-state index in [1.165, 1.54) is 0 Å². The molecule has 0 heterocycles. The molecule has 0 spiro atoms. The highest BCUT2D eigenvalue weighted by Gasteiger charge is 2.11. The Morgan fingerprint density at radius 1 is 1.62 bits per heavy atom. The zero-order valence-electron chi connectivity index (χ0n) is 4.22. The van der Waals surface area contributed by atoms with Crippen LogP contribution in [-0.2, 0) is 0 Å². The lowest BCUT2D eigenvalue weighted by atomic mass is 10.3. The van der Waals surface area contributed by atoms with Crippen molar-refractivity contribution in [1.29, 1.82) is 0 Å². The minimum atomic E-state index is -0.430. The third kappa shape index (κ3) is 3.21. The molecule has 0 radical (unpaired) electrons. The highest BCUT2D eigenvalue weighted by atomic mass is 127. The van der Waals surface area contributed by atoms with Gasteiger partial charge in [-0.05, 0) is 0 Å². The fraction of sp³-hybridized carbons (Fsp3) is 1.00. The van der Waals surface area contributed by atoms with E-state index in [0.29, 0.717) is 4.43 Å². The lowest BCUT2D eigenvalue weighted by Crippen LogP contribution is -2.24. The van der Waals surface area contributed by atoms with Crippen LogP contribution in [0.3, 0.4) is 0 Å². The number of rotatable bonds is 3. The molecule has 0 saturated carbocycles. The minimum Gasteiger partial charge on any atom is -0.395 e. The molecule has 0 aliphatic heterocycles. The monoisotopic (exact) mass is 294 g/mol. The Balaban J connectivity index is 3.29. The third-order valence-electron chi connectivity index (χ3n) is 0.750. The van der Waals surface area contributed by atoms with Gasteiger partial charge in [0.15, 0.2) is 0 Å². The summed E-state index contributed by atoms with van der Waals surface area (Å²) in [5.74, 6) is 0. The van der Waals surface area contributed by atoms with Crippen molar-refractivity contribution in [2.24, 2.45) is 0 Å². The first-order valence-electron chi connectivity index (χ1n) is 2.21. The minimum absolute atomic E-state index is 0.00975. The Kier molecular flexibility index (Phi) is 5.66. The van der Waals surface area contributed by atoms with E-state index >= 15 is 0 Å². The Hall–Kier alpha value is 1.13. The van der Waals surface area contributed by atoms with Crippen molar-refractivity contribution in [3.63, 3.8) is 0 Å². The van der Waals surface area contributed by atoms with Crippen LogP contribution in [0.4, 0.5) is 0 Å². The van der Waals surface area contributed by atoms with E-state index in [1.54, 1.807) is 0 Å². The van der Waals surface area contributed by atoms with Crippen LogP contribution >= 0.6 is 38.5 Å². The van der Waals surface area contributed by atoms with E-state index < -0.39 is 6.10 Å². The summed E-state index contributed by atoms with van der Waals surface area (Å²) in [6, 6.07) is 0. The normalized spacial score (nSPS) is 18.0. The number of aliphatic hydroxyl groups is 2. The lowest BCUT2D eigenvalue weighted by molar-refractivity contribution is 0.164. The average molecular weight is 295 g/mol. The maximum Gasteiger partial charge on any atom is 0.0776 e. The van der Waals surface area contributed by atoms with Crippen molar-refractivity contribution in [2.45, 2.75) is 10.9 Å². The van der Waals surface area contributed by atoms with Gasteiger partial charge in [-0.3, -0.25) is 0 Å². The highest BCUT2D eigenvalue weighted by molar-refractivity contribution is 14.1. The van der Waals surface area contributed by atoms with Crippen LogP contribution in [-0.4, -0.2) is 32.2 Å². The first-order chi connectivity index (χ1) is 3.72. The molecular formula is C4H8BrIO2. The quantitative estimate of drug-likeness (QED) is 0.589. The average Bonchev–Trinajstić information content (AvgIpc) is 1.84. The predicted molar refractivity (Wildman–Crippen MR) is 44.7 cm³/mol. The third-order valence-corrected chi connectivity index (χ3v) is 2.55. The molecule has 0 aliphatic carbocycles. The van der Waals surface area contributed by atoms with Crippen LogP contribution in [0.5, 0.6) is 0 Å². The van der Waals surface area contributed by atoms with Gasteiger partial charge in [0, 0.05) is 4.43 Å². The molecule has 0 rings (SSSR count). The zero-order valence-corrected chi connectivity index (χ0v) is 7.96. The Bertz CT molecular complexity index is 54.0. The number of halogens is 2. The van der Waals surface area contributed by atoms with Gasteiger partial charge in [0.05, 0.1) is 17.5 Å². The van der Waals surface area contributed by atoms with E-state index in [0.717, 1.165) is 0 Å². The molecule has 2 nitrogen and oxygen atoms in total. The van der Waals surface area contributed by atoms with Crippen molar-refractivity contribution in [3.8, 4) is 0 Å². The van der Waals surface area contributed by atoms with E-state index in [9.17, 15) is 0 Å². The summed E-state index contributed by atoms with van der Waals surface area (Å²) in [7, 11) is 0. The fourth-order valence-corrected chi connectivity index (χ4v) is 1.72. The Labute approximate surface area is 70.6 Å². The van der Waals surface area contributed by atoms with Crippen LogP contribution in [0, 0.1) is 0 Å². The molecule has 2 atom stereocenters. The van der Waals surface area contributed by atoms with Gasteiger partial charge in [0.25, 0.3) is 0 Å². The van der Waals surface area contributed by atoms with Gasteiger partial charge in [-0.25, -0.2) is 0 Å². The summed E-state index contributed by atoms with van der Waals surface area (Å²) in [4.78, 5) is -0.167. The van der Waals surface area contributed by atoms with Crippen LogP contribution in [0.25, 0.3) is 0 Å². The summed E-state index contributed by atoms with van der Waals surface area (Å²) in [5, 5.41) is 17.3. The van der Waals surface area contributed by atoms with Crippen molar-refractivity contribution in [2.75, 3.05) is 11.0 Å². The van der Waals surface area contributed by atoms with E-state index in [-0.39, 0.29) is 11.4 Å². The standard InChI is InChI=1S/C4H8BrIO2/c5-3(2-7)4(8)1-6/h3-4,7-8H,1-2H2. The first-order valence-corrected chi connectivity index (χ1v) is 4.65. The topological polar surface area (TPSA) is 40.5 Å². The molecule has 0 fully saturated rings. The van der Waals surface area contributed by atoms with E-state index in [2.05, 4.69) is 38.5 Å². The number of alkyl halides is 2. The maximum atomic E-state index is 8.91. The number of hydrogen-bond acceptors (Lipinski definition) is 2. The second-order valence-corrected chi connectivity index (χ2v) is 3.48. The van der Waals surface area contributed by atoms with E-state index in [4.69, 9.17) is 10.2 Å². The predicted octanol–water partition coefficient (Wildman–Crippen LogP) is 0.538. The molecule has 0 amide bonds. The van der Waals surface area contributed by atoms with Crippen molar-refractivity contribution >= 4 is 38.5 Å². The second kappa shape index (κ2) is 4.96. The fourth-order valence-electron chi connectivity index (χ4n) is 0.218. The van der Waals surface area contributed by atoms with Gasteiger partial charge >= 0.3 is 0 Å². The second-order valence-electron chi connectivity index (χ2n) is 1.42. The Morgan fingerprint density at radius 2 is 2.12 bits per heavy atom. The van der Waals surface area contributed by atoms with Gasteiger partial charge in [-0.1, -0.05) is 38.5 Å². The summed E-state index contributed by atoms with van der Waals surface area (Å²) in [6.07, 6.45) is -0.430. The summed E-state index contributed by atoms with van der Waals surface area (Å²) >= 11 is 5.16. The molecule has 0 saturated heterocycles. The SMILES string of the molecule is OCC(Br)C(O)CI. The van der Waals surface area contributed by atoms with Crippen LogP contribution in [0.1, 0.15) is 0 Å². The molecule has 50 valence electrons. The molecule has 0 aromatic rings. The van der Waals surface area contributed by atoms with Crippen molar-refractivity contribution in [1.82, 2.24) is 0 Å². The molecule has 2 unspecified atom stereocenters. The van der Waals surface area contributed by atoms with Gasteiger partial charge < -0.3 is 10.2 Å². The summed E-state index contributed by atoms with van der Waals surface area (Å²) in [5.41, 5.74) is 0. The molecule has 0 bridgehead atoms. The van der Waals surface area contributed by atoms with Crippen LogP contribution in [0.15, 0.2) is 0 Å². The molecule has 0 aromatic heterocycles. The van der Waals surface area contributed by atoms with E-state index in [1.807, 2.05) is 0 Å². The summed E-state index contributed by atoms with van der Waals surface area (Å²) in [6.45, 7) is -0.00975. The zero-order chi connectivity index (χ0) is 6.57. The molecular weight excluding hydrogens is 287 g/mol. The van der Waals surface area contributed by atoms with Crippen molar-refractivity contribution < 1.29 is 10.2 Å². The molecule has 0 aliphatic rings. The van der Waals surface area contributed by atoms with Gasteiger partial charge in [0.1, 0.15) is 0 Å². The maximum absolute atomic E-state index is 8.91. The smallest absolute Gasteiger partial charge is 0.0776 e. The van der Waals surface area contributed by atoms with Gasteiger partial charge in [-0.2, -0.15) is 0 Å². The molecule has 4 heteroatoms. The first kappa shape index (κ1) is 9.13. The lowest BCUT2D eigenvalue weighted by Gasteiger charge is -2.10. The number of hydrogen-bond donors (Lipinski definition) is 2.